The van der Waals surface area contributed by atoms with E-state index in [0.29, 0.717) is 0 Å². The van der Waals surface area contributed by atoms with Crippen molar-refractivity contribution in [3.63, 3.8) is 0 Å². The molecule has 0 aliphatic rings. The number of hydrogen-bond acceptors (Lipinski definition) is 3. The molecule has 3 nitrogen and oxygen atoms in total. The highest BCUT2D eigenvalue weighted by atomic mass is 16.5. The Morgan fingerprint density at radius 2 is 2.43 bits per heavy atom. The molecule has 7 heavy (non-hydrogen) atoms. The molecule has 0 rings (SSSR count). The second-order valence-electron chi connectivity index (χ2n) is 0.940. The highest BCUT2D eigenvalue weighted by Crippen LogP contribution is 1.76. The fourth-order valence-corrected chi connectivity index (χ4v) is 0.150. The van der Waals surface area contributed by atoms with Crippen molar-refractivity contribution in [2.45, 2.75) is 0 Å². The van der Waals surface area contributed by atoms with Gasteiger partial charge in [-0.1, -0.05) is 0 Å². The molecule has 3 heteroatoms. The Morgan fingerprint density at radius 3 is 2.57 bits per heavy atom. The van der Waals surface area contributed by atoms with E-state index in [9.17, 15) is 0 Å². The van der Waals surface area contributed by atoms with Crippen molar-refractivity contribution in [2.75, 3.05) is 7.11 Å². The minimum absolute atomic E-state index is 0.259. The predicted octanol–water partition coefficient (Wildman–Crippen LogP) is 0.0825. The lowest BCUT2D eigenvalue weighted by molar-refractivity contribution is 0.288. The molecule has 0 saturated heterocycles. The van der Waals surface area contributed by atoms with Gasteiger partial charge in [-0.05, 0) is 0 Å². The SMILES string of the molecule is CO/C(N)=C/C=N. The predicted molar refractivity (Wildman–Crippen MR) is 28.1 cm³/mol. The van der Waals surface area contributed by atoms with Gasteiger partial charge in [0.05, 0.1) is 7.11 Å². The first kappa shape index (κ1) is 6.01. The van der Waals surface area contributed by atoms with E-state index in [1.54, 1.807) is 0 Å². The molecule has 0 amide bonds. The molecular weight excluding hydrogens is 92.1 g/mol. The van der Waals surface area contributed by atoms with Gasteiger partial charge in [0.25, 0.3) is 0 Å². The Hall–Kier alpha value is -0.990. The first-order chi connectivity index (χ1) is 3.31. The van der Waals surface area contributed by atoms with Crippen molar-refractivity contribution in [1.29, 1.82) is 5.41 Å². The summed E-state index contributed by atoms with van der Waals surface area (Å²) in [6.07, 6.45) is 2.43. The van der Waals surface area contributed by atoms with E-state index < -0.39 is 0 Å². The van der Waals surface area contributed by atoms with Gasteiger partial charge in [0.1, 0.15) is 0 Å². The molecule has 0 aliphatic heterocycles. The van der Waals surface area contributed by atoms with E-state index in [2.05, 4.69) is 4.74 Å². The van der Waals surface area contributed by atoms with Crippen LogP contribution >= 0.6 is 0 Å². The molecule has 3 N–H and O–H groups in total. The number of rotatable bonds is 2. The number of nitrogens with one attached hydrogen (secondary N) is 1. The summed E-state index contributed by atoms with van der Waals surface area (Å²) in [4.78, 5) is 0. The second-order valence-corrected chi connectivity index (χ2v) is 0.940. The van der Waals surface area contributed by atoms with Crippen LogP contribution in [0.25, 0.3) is 0 Å². The highest BCUT2D eigenvalue weighted by Gasteiger charge is 1.75. The van der Waals surface area contributed by atoms with Crippen molar-refractivity contribution < 1.29 is 4.74 Å². The van der Waals surface area contributed by atoms with Crippen LogP contribution in [0.1, 0.15) is 0 Å². The molecule has 0 bridgehead atoms. The number of ether oxygens (including phenoxy) is 1. The molecule has 0 aliphatic carbocycles. The first-order valence-corrected chi connectivity index (χ1v) is 1.81. The van der Waals surface area contributed by atoms with Crippen LogP contribution in [0.3, 0.4) is 0 Å². The summed E-state index contributed by atoms with van der Waals surface area (Å²) >= 11 is 0. The quantitative estimate of drug-likeness (QED) is 0.381. The Balaban J connectivity index is 3.49. The molecule has 0 saturated carbocycles. The molecule has 0 aromatic rings. The van der Waals surface area contributed by atoms with Crippen molar-refractivity contribution in [2.24, 2.45) is 5.73 Å². The number of nitrogens with two attached hydrogens (primary N) is 1. The minimum Gasteiger partial charge on any atom is -0.483 e. The normalized spacial score (nSPS) is 10.7. The van der Waals surface area contributed by atoms with Crippen LogP contribution in [0.2, 0.25) is 0 Å². The Bertz CT molecular complexity index is 87.7. The van der Waals surface area contributed by atoms with Crippen molar-refractivity contribution in [3.8, 4) is 0 Å². The van der Waals surface area contributed by atoms with Gasteiger partial charge in [0, 0.05) is 12.3 Å². The van der Waals surface area contributed by atoms with Crippen LogP contribution < -0.4 is 5.73 Å². The third-order valence-corrected chi connectivity index (χ3v) is 0.483. The Kier molecular flexibility index (Phi) is 2.76. The molecule has 0 heterocycles. The van der Waals surface area contributed by atoms with Gasteiger partial charge >= 0.3 is 0 Å². The van der Waals surface area contributed by atoms with E-state index in [-0.39, 0.29) is 5.88 Å². The fraction of sp³-hybridized carbons (Fsp3) is 0.250. The van der Waals surface area contributed by atoms with E-state index in [4.69, 9.17) is 11.1 Å². The maximum absolute atomic E-state index is 6.48. The average molecular weight is 100 g/mol. The van der Waals surface area contributed by atoms with Gasteiger partial charge in [-0.3, -0.25) is 0 Å². The zero-order valence-electron chi connectivity index (χ0n) is 4.14. The summed E-state index contributed by atoms with van der Waals surface area (Å²) in [5.41, 5.74) is 5.07. The minimum atomic E-state index is 0.259. The molecule has 40 valence electrons. The van der Waals surface area contributed by atoms with Crippen LogP contribution in [0, 0.1) is 5.41 Å². The summed E-state index contributed by atoms with van der Waals surface area (Å²) in [5, 5.41) is 6.48. The largest absolute Gasteiger partial charge is 0.483 e. The van der Waals surface area contributed by atoms with Crippen molar-refractivity contribution >= 4 is 6.21 Å². The third-order valence-electron chi connectivity index (χ3n) is 0.483. The van der Waals surface area contributed by atoms with Gasteiger partial charge in [0.2, 0.25) is 0 Å². The maximum atomic E-state index is 6.48. The first-order valence-electron chi connectivity index (χ1n) is 1.81. The van der Waals surface area contributed by atoms with Crippen molar-refractivity contribution in [3.05, 3.63) is 12.0 Å². The van der Waals surface area contributed by atoms with E-state index in [0.717, 1.165) is 6.21 Å². The van der Waals surface area contributed by atoms with Gasteiger partial charge in [0.15, 0.2) is 5.88 Å². The Morgan fingerprint density at radius 1 is 1.86 bits per heavy atom. The van der Waals surface area contributed by atoms with Gasteiger partial charge in [-0.25, -0.2) is 0 Å². The summed E-state index contributed by atoms with van der Waals surface area (Å²) in [6.45, 7) is 0. The standard InChI is InChI=1S/C4H8N2O/c1-7-4(6)2-3-5/h2-3,5H,6H2,1H3/b4-2+,5-3?. The molecule has 0 aromatic heterocycles. The summed E-state index contributed by atoms with van der Waals surface area (Å²) in [7, 11) is 1.45. The van der Waals surface area contributed by atoms with Crippen LogP contribution in [0.4, 0.5) is 0 Å². The van der Waals surface area contributed by atoms with Crippen LogP contribution in [0.5, 0.6) is 0 Å². The molecule has 0 spiro atoms. The molecule has 0 radical (unpaired) electrons. The number of methoxy groups -OCH3 is 1. The zero-order chi connectivity index (χ0) is 5.70. The number of allylic oxidation sites excluding steroid dienone is 1. The zero-order valence-corrected chi connectivity index (χ0v) is 4.14. The van der Waals surface area contributed by atoms with E-state index in [1.165, 1.54) is 13.2 Å². The summed E-state index contributed by atoms with van der Waals surface area (Å²) < 4.78 is 4.48. The second kappa shape index (κ2) is 3.21. The van der Waals surface area contributed by atoms with E-state index >= 15 is 0 Å². The van der Waals surface area contributed by atoms with Crippen LogP contribution in [-0.2, 0) is 4.74 Å². The van der Waals surface area contributed by atoms with Crippen LogP contribution in [-0.4, -0.2) is 13.3 Å². The van der Waals surface area contributed by atoms with E-state index in [1.807, 2.05) is 0 Å². The number of hydrogen-bond donors (Lipinski definition) is 2. The molecule has 0 aromatic carbocycles. The van der Waals surface area contributed by atoms with Gasteiger partial charge < -0.3 is 15.9 Å². The molecule has 0 atom stereocenters. The highest BCUT2D eigenvalue weighted by molar-refractivity contribution is 5.67. The lowest BCUT2D eigenvalue weighted by atomic mass is 10.6. The molecular formula is C4H8N2O. The van der Waals surface area contributed by atoms with Gasteiger partial charge in [-0.15, -0.1) is 0 Å². The summed E-state index contributed by atoms with van der Waals surface area (Å²) in [6, 6.07) is 0. The smallest absolute Gasteiger partial charge is 0.185 e. The molecule has 0 unspecified atom stereocenters. The third kappa shape index (κ3) is 2.82. The monoisotopic (exact) mass is 100 g/mol. The summed E-state index contributed by atoms with van der Waals surface area (Å²) in [5.74, 6) is 0.259. The van der Waals surface area contributed by atoms with Crippen molar-refractivity contribution in [1.82, 2.24) is 0 Å². The Labute approximate surface area is 42.3 Å². The van der Waals surface area contributed by atoms with Crippen LogP contribution in [0.15, 0.2) is 12.0 Å². The van der Waals surface area contributed by atoms with Gasteiger partial charge in [-0.2, -0.15) is 0 Å². The topological polar surface area (TPSA) is 59.1 Å². The maximum Gasteiger partial charge on any atom is 0.185 e. The lowest BCUT2D eigenvalue weighted by Gasteiger charge is -1.91. The molecule has 0 fully saturated rings. The fourth-order valence-electron chi connectivity index (χ4n) is 0.150. The average Bonchev–Trinajstić information content (AvgIpc) is 1.68. The lowest BCUT2D eigenvalue weighted by Crippen LogP contribution is -1.98.